The molecule has 7 heteroatoms. The fourth-order valence-electron chi connectivity index (χ4n) is 2.97. The van der Waals surface area contributed by atoms with E-state index in [0.717, 1.165) is 5.56 Å². The van der Waals surface area contributed by atoms with Gasteiger partial charge in [-0.3, -0.25) is 0 Å². The van der Waals surface area contributed by atoms with E-state index in [4.69, 9.17) is 15.2 Å². The highest BCUT2D eigenvalue weighted by atomic mass is 16.6. The molecule has 0 radical (unpaired) electrons. The number of carboxylic acid groups (broad SMARTS) is 1. The molecule has 7 nitrogen and oxygen atoms in total. The van der Waals surface area contributed by atoms with E-state index in [1.165, 1.54) is 0 Å². The lowest BCUT2D eigenvalue weighted by atomic mass is 10.2. The SMILES string of the molecule is CC(C(=O)O)n1c(-c2ccc(N)cc2)nc2cc3c(cc21)OCCO3. The summed E-state index contributed by atoms with van der Waals surface area (Å²) in [4.78, 5) is 16.3. The first-order chi connectivity index (χ1) is 12.0. The van der Waals surface area contributed by atoms with Crippen LogP contribution in [-0.4, -0.2) is 33.8 Å². The zero-order chi connectivity index (χ0) is 17.6. The number of ether oxygens (including phenoxy) is 2. The van der Waals surface area contributed by atoms with Crippen molar-refractivity contribution >= 4 is 22.7 Å². The van der Waals surface area contributed by atoms with Crippen LogP contribution in [-0.2, 0) is 4.79 Å². The van der Waals surface area contributed by atoms with Crippen molar-refractivity contribution in [2.75, 3.05) is 18.9 Å². The molecule has 0 fully saturated rings. The van der Waals surface area contributed by atoms with Crippen molar-refractivity contribution in [2.24, 2.45) is 0 Å². The highest BCUT2D eigenvalue weighted by Gasteiger charge is 2.24. The van der Waals surface area contributed by atoms with Gasteiger partial charge in [-0.1, -0.05) is 0 Å². The predicted molar refractivity (Wildman–Crippen MR) is 92.9 cm³/mol. The number of aliphatic carboxylic acids is 1. The summed E-state index contributed by atoms with van der Waals surface area (Å²) in [6, 6.07) is 9.97. The van der Waals surface area contributed by atoms with Crippen LogP contribution in [0.5, 0.6) is 11.5 Å². The monoisotopic (exact) mass is 339 g/mol. The molecule has 1 aliphatic heterocycles. The molecule has 4 rings (SSSR count). The Morgan fingerprint density at radius 1 is 1.20 bits per heavy atom. The number of fused-ring (bicyclic) bond motifs is 2. The van der Waals surface area contributed by atoms with Gasteiger partial charge in [0, 0.05) is 23.4 Å². The zero-order valence-corrected chi connectivity index (χ0v) is 13.6. The Morgan fingerprint density at radius 2 is 1.84 bits per heavy atom. The average molecular weight is 339 g/mol. The molecule has 0 bridgehead atoms. The van der Waals surface area contributed by atoms with E-state index < -0.39 is 12.0 Å². The summed E-state index contributed by atoms with van der Waals surface area (Å²) < 4.78 is 12.9. The van der Waals surface area contributed by atoms with Crippen molar-refractivity contribution in [3.05, 3.63) is 36.4 Å². The van der Waals surface area contributed by atoms with Gasteiger partial charge in [-0.25, -0.2) is 9.78 Å². The number of anilines is 1. The Balaban J connectivity index is 1.98. The van der Waals surface area contributed by atoms with E-state index in [-0.39, 0.29) is 0 Å². The highest BCUT2D eigenvalue weighted by Crippen LogP contribution is 2.37. The van der Waals surface area contributed by atoms with Gasteiger partial charge in [0.25, 0.3) is 0 Å². The third-order valence-corrected chi connectivity index (χ3v) is 4.27. The third-order valence-electron chi connectivity index (χ3n) is 4.27. The highest BCUT2D eigenvalue weighted by molar-refractivity contribution is 5.87. The van der Waals surface area contributed by atoms with Gasteiger partial charge in [0.2, 0.25) is 0 Å². The van der Waals surface area contributed by atoms with Crippen LogP contribution in [0.15, 0.2) is 36.4 Å². The van der Waals surface area contributed by atoms with Gasteiger partial charge in [0.1, 0.15) is 25.1 Å². The summed E-state index contributed by atoms with van der Waals surface area (Å²) in [6.45, 7) is 2.57. The molecule has 0 amide bonds. The smallest absolute Gasteiger partial charge is 0.326 e. The van der Waals surface area contributed by atoms with Crippen molar-refractivity contribution in [3.63, 3.8) is 0 Å². The number of rotatable bonds is 3. The number of nitrogens with two attached hydrogens (primary N) is 1. The molecule has 2 heterocycles. The number of hydrogen-bond acceptors (Lipinski definition) is 5. The Bertz CT molecular complexity index is 963. The second kappa shape index (κ2) is 5.70. The Labute approximate surface area is 143 Å². The van der Waals surface area contributed by atoms with Crippen molar-refractivity contribution in [3.8, 4) is 22.9 Å². The summed E-state index contributed by atoms with van der Waals surface area (Å²) >= 11 is 0. The molecule has 1 aliphatic rings. The summed E-state index contributed by atoms with van der Waals surface area (Å²) in [5.74, 6) is 0.842. The van der Waals surface area contributed by atoms with Gasteiger partial charge in [0.15, 0.2) is 11.5 Å². The summed E-state index contributed by atoms with van der Waals surface area (Å²) in [5.41, 5.74) is 8.52. The molecule has 0 saturated heterocycles. The normalized spacial score (nSPS) is 14.4. The third kappa shape index (κ3) is 2.53. The van der Waals surface area contributed by atoms with E-state index in [2.05, 4.69) is 4.98 Å². The fourth-order valence-corrected chi connectivity index (χ4v) is 2.97. The molecule has 128 valence electrons. The fraction of sp³-hybridized carbons (Fsp3) is 0.222. The van der Waals surface area contributed by atoms with Crippen LogP contribution in [0.4, 0.5) is 5.69 Å². The van der Waals surface area contributed by atoms with Crippen LogP contribution in [0.2, 0.25) is 0 Å². The lowest BCUT2D eigenvalue weighted by Crippen LogP contribution is -2.17. The first kappa shape index (κ1) is 15.3. The molecule has 0 saturated carbocycles. The molecule has 25 heavy (non-hydrogen) atoms. The van der Waals surface area contributed by atoms with Gasteiger partial charge in [-0.2, -0.15) is 0 Å². The number of aromatic nitrogens is 2. The van der Waals surface area contributed by atoms with Crippen LogP contribution in [0.1, 0.15) is 13.0 Å². The minimum absolute atomic E-state index is 0.464. The zero-order valence-electron chi connectivity index (χ0n) is 13.6. The van der Waals surface area contributed by atoms with Crippen molar-refractivity contribution < 1.29 is 19.4 Å². The van der Waals surface area contributed by atoms with Crippen LogP contribution < -0.4 is 15.2 Å². The van der Waals surface area contributed by atoms with E-state index in [9.17, 15) is 9.90 Å². The quantitative estimate of drug-likeness (QED) is 0.712. The van der Waals surface area contributed by atoms with Gasteiger partial charge in [-0.15, -0.1) is 0 Å². The molecule has 3 N–H and O–H groups in total. The lowest BCUT2D eigenvalue weighted by Gasteiger charge is -2.19. The van der Waals surface area contributed by atoms with E-state index in [1.54, 1.807) is 35.8 Å². The molecule has 0 spiro atoms. The van der Waals surface area contributed by atoms with Gasteiger partial charge in [0.05, 0.1) is 11.0 Å². The predicted octanol–water partition coefficient (Wildman–Crippen LogP) is 2.70. The molecule has 1 unspecified atom stereocenters. The summed E-state index contributed by atoms with van der Waals surface area (Å²) in [6.07, 6.45) is 0. The van der Waals surface area contributed by atoms with Crippen molar-refractivity contribution in [1.29, 1.82) is 0 Å². The minimum atomic E-state index is -0.939. The lowest BCUT2D eigenvalue weighted by molar-refractivity contribution is -0.140. The van der Waals surface area contributed by atoms with Gasteiger partial charge in [-0.05, 0) is 31.2 Å². The molecule has 1 atom stereocenters. The van der Waals surface area contributed by atoms with E-state index in [0.29, 0.717) is 47.3 Å². The molecular weight excluding hydrogens is 322 g/mol. The Kier molecular flexibility index (Phi) is 3.49. The number of benzene rings is 2. The second-order valence-electron chi connectivity index (χ2n) is 5.93. The first-order valence-corrected chi connectivity index (χ1v) is 7.95. The minimum Gasteiger partial charge on any atom is -0.486 e. The standard InChI is InChI=1S/C18H17N3O4/c1-10(18(22)23)21-14-9-16-15(24-6-7-25-16)8-13(14)20-17(21)11-2-4-12(19)5-3-11/h2-5,8-10H,6-7,19H2,1H3,(H,22,23). The average Bonchev–Trinajstić information content (AvgIpc) is 2.97. The molecular formula is C18H17N3O4. The molecule has 2 aromatic carbocycles. The Hall–Kier alpha value is -3.22. The molecule has 3 aromatic rings. The van der Waals surface area contributed by atoms with Crippen molar-refractivity contribution in [1.82, 2.24) is 9.55 Å². The number of carbonyl (C=O) groups is 1. The van der Waals surface area contributed by atoms with Crippen LogP contribution >= 0.6 is 0 Å². The summed E-state index contributed by atoms with van der Waals surface area (Å²) in [5, 5.41) is 9.54. The number of nitrogens with zero attached hydrogens (tertiary/aromatic N) is 2. The Morgan fingerprint density at radius 3 is 2.48 bits per heavy atom. The van der Waals surface area contributed by atoms with Crippen molar-refractivity contribution in [2.45, 2.75) is 13.0 Å². The number of carboxylic acids is 1. The molecule has 0 aliphatic carbocycles. The number of hydrogen-bond donors (Lipinski definition) is 2. The number of imidazole rings is 1. The van der Waals surface area contributed by atoms with Crippen LogP contribution in [0, 0.1) is 0 Å². The second-order valence-corrected chi connectivity index (χ2v) is 5.93. The first-order valence-electron chi connectivity index (χ1n) is 7.95. The maximum atomic E-state index is 11.6. The van der Waals surface area contributed by atoms with E-state index in [1.807, 2.05) is 12.1 Å². The van der Waals surface area contributed by atoms with E-state index >= 15 is 0 Å². The van der Waals surface area contributed by atoms with Crippen LogP contribution in [0.3, 0.4) is 0 Å². The maximum absolute atomic E-state index is 11.6. The largest absolute Gasteiger partial charge is 0.486 e. The van der Waals surface area contributed by atoms with Crippen LogP contribution in [0.25, 0.3) is 22.4 Å². The topological polar surface area (TPSA) is 99.6 Å². The van der Waals surface area contributed by atoms with Gasteiger partial charge < -0.3 is 24.9 Å². The number of nitrogen functional groups attached to an aromatic ring is 1. The maximum Gasteiger partial charge on any atom is 0.326 e. The van der Waals surface area contributed by atoms with Gasteiger partial charge >= 0.3 is 5.97 Å². The molecule has 1 aromatic heterocycles. The summed E-state index contributed by atoms with van der Waals surface area (Å²) in [7, 11) is 0.